The number of nitrogens with zero attached hydrogens (tertiary/aromatic N) is 1. The summed E-state index contributed by atoms with van der Waals surface area (Å²) < 4.78 is 18.1. The number of hydrogen-bond acceptors (Lipinski definition) is 3. The van der Waals surface area contributed by atoms with Gasteiger partial charge in [-0.3, -0.25) is 9.89 Å². The van der Waals surface area contributed by atoms with Crippen LogP contribution >= 0.6 is 0 Å². The van der Waals surface area contributed by atoms with Gasteiger partial charge in [0.15, 0.2) is 11.6 Å². The molecule has 0 radical (unpaired) electrons. The Morgan fingerprint density at radius 2 is 2.28 bits per heavy atom. The molecule has 0 bridgehead atoms. The largest absolute Gasteiger partial charge is 0.459 e. The first-order chi connectivity index (χ1) is 8.74. The van der Waals surface area contributed by atoms with Gasteiger partial charge < -0.3 is 9.73 Å². The topological polar surface area (TPSA) is 70.9 Å². The molecule has 0 saturated carbocycles. The highest BCUT2D eigenvalue weighted by Gasteiger charge is 2.13. The minimum absolute atomic E-state index is 0.169. The summed E-state index contributed by atoms with van der Waals surface area (Å²) in [6, 6.07) is 7.32. The van der Waals surface area contributed by atoms with Crippen LogP contribution in [-0.2, 0) is 0 Å². The van der Waals surface area contributed by atoms with Crippen LogP contribution in [0.3, 0.4) is 0 Å². The monoisotopic (exact) mass is 245 g/mol. The summed E-state index contributed by atoms with van der Waals surface area (Å²) in [6.45, 7) is 0. The lowest BCUT2D eigenvalue weighted by Gasteiger charge is -1.99. The van der Waals surface area contributed by atoms with Gasteiger partial charge in [0.2, 0.25) is 0 Å². The van der Waals surface area contributed by atoms with Crippen LogP contribution in [0.5, 0.6) is 0 Å². The summed E-state index contributed by atoms with van der Waals surface area (Å²) in [7, 11) is 0. The third kappa shape index (κ3) is 1.73. The number of aromatic nitrogens is 2. The fourth-order valence-corrected chi connectivity index (χ4v) is 1.66. The maximum absolute atomic E-state index is 13.1. The van der Waals surface area contributed by atoms with Gasteiger partial charge in [-0.1, -0.05) is 0 Å². The molecule has 0 unspecified atom stereocenters. The van der Waals surface area contributed by atoms with Crippen LogP contribution in [0.2, 0.25) is 0 Å². The zero-order valence-electron chi connectivity index (χ0n) is 9.11. The van der Waals surface area contributed by atoms with Crippen molar-refractivity contribution in [3.8, 4) is 0 Å². The Morgan fingerprint density at radius 1 is 1.39 bits per heavy atom. The van der Waals surface area contributed by atoms with Crippen LogP contribution in [0.25, 0.3) is 10.9 Å². The Hall–Kier alpha value is -2.63. The Bertz CT molecular complexity index is 703. The summed E-state index contributed by atoms with van der Waals surface area (Å²) in [4.78, 5) is 11.7. The van der Waals surface area contributed by atoms with E-state index < -0.39 is 11.7 Å². The quantitative estimate of drug-likeness (QED) is 0.728. The Balaban J connectivity index is 1.95. The van der Waals surface area contributed by atoms with E-state index >= 15 is 0 Å². The van der Waals surface area contributed by atoms with E-state index in [1.165, 1.54) is 24.5 Å². The first-order valence-corrected chi connectivity index (χ1v) is 5.22. The van der Waals surface area contributed by atoms with E-state index in [0.29, 0.717) is 10.9 Å². The standard InChI is InChI=1S/C12H8FN3O2/c13-7-3-4-9-8(6-7)11(16-15-9)14-12(17)10-2-1-5-18-10/h1-6H,(H2,14,15,16,17). The van der Waals surface area contributed by atoms with Crippen LogP contribution in [0.15, 0.2) is 41.0 Å². The van der Waals surface area contributed by atoms with Crippen molar-refractivity contribution in [3.05, 3.63) is 48.2 Å². The van der Waals surface area contributed by atoms with Crippen LogP contribution in [0.1, 0.15) is 10.6 Å². The lowest BCUT2D eigenvalue weighted by Crippen LogP contribution is -2.11. The van der Waals surface area contributed by atoms with E-state index in [1.807, 2.05) is 0 Å². The molecule has 2 aromatic heterocycles. The van der Waals surface area contributed by atoms with Crippen LogP contribution in [-0.4, -0.2) is 16.1 Å². The summed E-state index contributed by atoms with van der Waals surface area (Å²) >= 11 is 0. The lowest BCUT2D eigenvalue weighted by molar-refractivity contribution is 0.0996. The fourth-order valence-electron chi connectivity index (χ4n) is 1.66. The van der Waals surface area contributed by atoms with Crippen molar-refractivity contribution in [1.82, 2.24) is 10.2 Å². The zero-order valence-corrected chi connectivity index (χ0v) is 9.11. The molecule has 18 heavy (non-hydrogen) atoms. The van der Waals surface area contributed by atoms with E-state index in [-0.39, 0.29) is 11.6 Å². The predicted octanol–water partition coefficient (Wildman–Crippen LogP) is 2.55. The van der Waals surface area contributed by atoms with Gasteiger partial charge in [-0.05, 0) is 30.3 Å². The molecule has 5 nitrogen and oxygen atoms in total. The summed E-state index contributed by atoms with van der Waals surface area (Å²) in [5.74, 6) is -0.386. The molecular weight excluding hydrogens is 237 g/mol. The number of furan rings is 1. The van der Waals surface area contributed by atoms with Crippen LogP contribution in [0.4, 0.5) is 10.2 Å². The highest BCUT2D eigenvalue weighted by molar-refractivity contribution is 6.06. The highest BCUT2D eigenvalue weighted by Crippen LogP contribution is 2.21. The van der Waals surface area contributed by atoms with E-state index in [9.17, 15) is 9.18 Å². The number of rotatable bonds is 2. The van der Waals surface area contributed by atoms with E-state index in [4.69, 9.17) is 4.42 Å². The lowest BCUT2D eigenvalue weighted by atomic mass is 10.2. The minimum Gasteiger partial charge on any atom is -0.459 e. The molecule has 0 fully saturated rings. The van der Waals surface area contributed by atoms with Gasteiger partial charge in [-0.2, -0.15) is 5.10 Å². The first kappa shape index (κ1) is 10.5. The molecule has 1 aromatic carbocycles. The molecule has 1 amide bonds. The molecule has 0 saturated heterocycles. The molecule has 0 spiro atoms. The van der Waals surface area contributed by atoms with Gasteiger partial charge in [0.1, 0.15) is 5.82 Å². The number of halogens is 1. The summed E-state index contributed by atoms with van der Waals surface area (Å²) in [6.07, 6.45) is 1.40. The van der Waals surface area contributed by atoms with Gasteiger partial charge in [-0.25, -0.2) is 4.39 Å². The maximum Gasteiger partial charge on any atom is 0.292 e. The number of nitrogens with one attached hydrogen (secondary N) is 2. The molecule has 2 N–H and O–H groups in total. The first-order valence-electron chi connectivity index (χ1n) is 5.22. The maximum atomic E-state index is 13.1. The number of anilines is 1. The molecule has 90 valence electrons. The molecule has 0 aliphatic heterocycles. The zero-order chi connectivity index (χ0) is 12.5. The second-order valence-corrected chi connectivity index (χ2v) is 3.69. The molecule has 3 rings (SSSR count). The summed E-state index contributed by atoms with van der Waals surface area (Å²) in [5.41, 5.74) is 0.645. The number of carbonyl (C=O) groups excluding carboxylic acids is 1. The Labute approximate surface area is 101 Å². The number of carbonyl (C=O) groups is 1. The number of fused-ring (bicyclic) bond motifs is 1. The van der Waals surface area contributed by atoms with Gasteiger partial charge in [0.05, 0.1) is 11.8 Å². The van der Waals surface area contributed by atoms with Gasteiger partial charge in [0.25, 0.3) is 5.91 Å². The molecule has 6 heteroatoms. The van der Waals surface area contributed by atoms with Crippen molar-refractivity contribution in [2.45, 2.75) is 0 Å². The SMILES string of the molecule is O=C(Nc1n[nH]c2ccc(F)cc12)c1ccco1. The fraction of sp³-hybridized carbons (Fsp3) is 0. The van der Waals surface area contributed by atoms with E-state index in [0.717, 1.165) is 0 Å². The third-order valence-corrected chi connectivity index (χ3v) is 2.50. The number of amides is 1. The second-order valence-electron chi connectivity index (χ2n) is 3.69. The van der Waals surface area contributed by atoms with Gasteiger partial charge >= 0.3 is 0 Å². The molecule has 0 atom stereocenters. The van der Waals surface area contributed by atoms with Crippen molar-refractivity contribution in [2.75, 3.05) is 5.32 Å². The average molecular weight is 245 g/mol. The van der Waals surface area contributed by atoms with Crippen LogP contribution < -0.4 is 5.32 Å². The van der Waals surface area contributed by atoms with E-state index in [1.54, 1.807) is 12.1 Å². The molecule has 3 aromatic rings. The van der Waals surface area contributed by atoms with Crippen molar-refractivity contribution in [2.24, 2.45) is 0 Å². The van der Waals surface area contributed by atoms with Gasteiger partial charge in [0, 0.05) is 5.39 Å². The smallest absolute Gasteiger partial charge is 0.292 e. The van der Waals surface area contributed by atoms with Crippen LogP contribution in [0, 0.1) is 5.82 Å². The Morgan fingerprint density at radius 3 is 3.06 bits per heavy atom. The number of benzene rings is 1. The van der Waals surface area contributed by atoms with Crippen molar-refractivity contribution in [3.63, 3.8) is 0 Å². The second kappa shape index (κ2) is 3.99. The molecule has 0 aliphatic rings. The van der Waals surface area contributed by atoms with Gasteiger partial charge in [-0.15, -0.1) is 0 Å². The van der Waals surface area contributed by atoms with Crippen molar-refractivity contribution < 1.29 is 13.6 Å². The molecule has 0 aliphatic carbocycles. The minimum atomic E-state index is -0.433. The number of aromatic amines is 1. The van der Waals surface area contributed by atoms with Crippen molar-refractivity contribution >= 4 is 22.6 Å². The Kier molecular flexibility index (Phi) is 2.33. The molecular formula is C12H8FN3O2. The number of hydrogen-bond donors (Lipinski definition) is 2. The summed E-state index contributed by atoms with van der Waals surface area (Å²) in [5, 5.41) is 9.69. The predicted molar refractivity (Wildman–Crippen MR) is 62.7 cm³/mol. The number of H-pyrrole nitrogens is 1. The third-order valence-electron chi connectivity index (χ3n) is 2.50. The average Bonchev–Trinajstić information content (AvgIpc) is 2.99. The molecule has 2 heterocycles. The van der Waals surface area contributed by atoms with Crippen molar-refractivity contribution in [1.29, 1.82) is 0 Å². The normalized spacial score (nSPS) is 10.7. The highest BCUT2D eigenvalue weighted by atomic mass is 19.1. The van der Waals surface area contributed by atoms with E-state index in [2.05, 4.69) is 15.5 Å².